The lowest BCUT2D eigenvalue weighted by Gasteiger charge is -2.14. The molecular weight excluding hydrogens is 254 g/mol. The Kier molecular flexibility index (Phi) is 5.44. The molecule has 0 aliphatic carbocycles. The average Bonchev–Trinajstić information content (AvgIpc) is 2.44. The first-order chi connectivity index (χ1) is 10.1. The van der Waals surface area contributed by atoms with E-state index in [9.17, 15) is 0 Å². The van der Waals surface area contributed by atoms with Crippen LogP contribution in [0.15, 0.2) is 36.4 Å². The van der Waals surface area contributed by atoms with Crippen LogP contribution in [0.4, 0.5) is 11.4 Å². The van der Waals surface area contributed by atoms with Crippen molar-refractivity contribution in [1.82, 2.24) is 0 Å². The van der Waals surface area contributed by atoms with Crippen LogP contribution in [0, 0.1) is 20.8 Å². The van der Waals surface area contributed by atoms with Crippen LogP contribution in [-0.4, -0.2) is 0 Å². The van der Waals surface area contributed by atoms with E-state index in [1.807, 2.05) is 0 Å². The van der Waals surface area contributed by atoms with E-state index in [1.54, 1.807) is 0 Å². The number of anilines is 2. The predicted molar refractivity (Wildman–Crippen MR) is 93.6 cm³/mol. The second-order valence-corrected chi connectivity index (χ2v) is 6.05. The normalized spacial score (nSPS) is 10.7. The Hall–Kier alpha value is -1.76. The second-order valence-electron chi connectivity index (χ2n) is 6.05. The zero-order valence-corrected chi connectivity index (χ0v) is 13.8. The van der Waals surface area contributed by atoms with E-state index >= 15 is 0 Å². The zero-order chi connectivity index (χ0) is 15.2. The van der Waals surface area contributed by atoms with Gasteiger partial charge in [-0.15, -0.1) is 0 Å². The van der Waals surface area contributed by atoms with E-state index in [-0.39, 0.29) is 0 Å². The van der Waals surface area contributed by atoms with Crippen LogP contribution < -0.4 is 5.32 Å². The molecule has 21 heavy (non-hydrogen) atoms. The SMILES string of the molecule is CCCCCc1ccc(Nc2c(C)cc(C)cc2C)cc1. The van der Waals surface area contributed by atoms with Gasteiger partial charge in [-0.25, -0.2) is 0 Å². The predicted octanol–water partition coefficient (Wildman–Crippen LogP) is 6.09. The Morgan fingerprint density at radius 3 is 2.05 bits per heavy atom. The molecule has 1 heteroatoms. The highest BCUT2D eigenvalue weighted by Crippen LogP contribution is 2.26. The topological polar surface area (TPSA) is 12.0 Å². The highest BCUT2D eigenvalue weighted by molar-refractivity contribution is 5.67. The van der Waals surface area contributed by atoms with Gasteiger partial charge in [-0.05, 0) is 62.4 Å². The molecule has 112 valence electrons. The third kappa shape index (κ3) is 4.35. The summed E-state index contributed by atoms with van der Waals surface area (Å²) in [6, 6.07) is 13.3. The van der Waals surface area contributed by atoms with Crippen LogP contribution in [0.1, 0.15) is 48.4 Å². The summed E-state index contributed by atoms with van der Waals surface area (Å²) in [6.07, 6.45) is 5.09. The largest absolute Gasteiger partial charge is 0.355 e. The van der Waals surface area contributed by atoms with E-state index < -0.39 is 0 Å². The first kappa shape index (κ1) is 15.6. The van der Waals surface area contributed by atoms with E-state index in [4.69, 9.17) is 0 Å². The van der Waals surface area contributed by atoms with Gasteiger partial charge in [-0.1, -0.05) is 49.6 Å². The summed E-state index contributed by atoms with van der Waals surface area (Å²) in [5.74, 6) is 0. The fraction of sp³-hybridized carbons (Fsp3) is 0.400. The Morgan fingerprint density at radius 1 is 0.857 bits per heavy atom. The summed E-state index contributed by atoms with van der Waals surface area (Å²) >= 11 is 0. The smallest absolute Gasteiger partial charge is 0.0443 e. The molecule has 2 rings (SSSR count). The van der Waals surface area contributed by atoms with Crippen molar-refractivity contribution in [2.75, 3.05) is 5.32 Å². The number of hydrogen-bond acceptors (Lipinski definition) is 1. The standard InChI is InChI=1S/C20H27N/c1-5-6-7-8-18-9-11-19(12-10-18)21-20-16(3)13-15(2)14-17(20)4/h9-14,21H,5-8H2,1-4H3. The second kappa shape index (κ2) is 7.31. The fourth-order valence-electron chi connectivity index (χ4n) is 2.86. The van der Waals surface area contributed by atoms with Gasteiger partial charge in [-0.2, -0.15) is 0 Å². The van der Waals surface area contributed by atoms with E-state index in [0.29, 0.717) is 0 Å². The van der Waals surface area contributed by atoms with Crippen molar-refractivity contribution in [1.29, 1.82) is 0 Å². The summed E-state index contributed by atoms with van der Waals surface area (Å²) in [4.78, 5) is 0. The molecule has 1 nitrogen and oxygen atoms in total. The summed E-state index contributed by atoms with van der Waals surface area (Å²) < 4.78 is 0. The summed E-state index contributed by atoms with van der Waals surface area (Å²) in [5.41, 5.74) is 7.77. The number of rotatable bonds is 6. The Morgan fingerprint density at radius 2 is 1.48 bits per heavy atom. The third-order valence-corrected chi connectivity index (χ3v) is 3.97. The first-order valence-electron chi connectivity index (χ1n) is 8.04. The third-order valence-electron chi connectivity index (χ3n) is 3.97. The van der Waals surface area contributed by atoms with Gasteiger partial charge in [0.05, 0.1) is 0 Å². The molecule has 0 fully saturated rings. The molecule has 0 unspecified atom stereocenters. The van der Waals surface area contributed by atoms with Gasteiger partial charge in [0.2, 0.25) is 0 Å². The minimum absolute atomic E-state index is 1.17. The molecule has 1 N–H and O–H groups in total. The monoisotopic (exact) mass is 281 g/mol. The molecule has 0 heterocycles. The number of unbranched alkanes of at least 4 members (excludes halogenated alkanes) is 2. The van der Waals surface area contributed by atoms with Gasteiger partial charge in [0, 0.05) is 11.4 Å². The van der Waals surface area contributed by atoms with E-state index in [1.165, 1.54) is 59.3 Å². The lowest BCUT2D eigenvalue weighted by atomic mass is 10.0. The van der Waals surface area contributed by atoms with E-state index in [0.717, 1.165) is 0 Å². The number of benzene rings is 2. The molecule has 0 saturated carbocycles. The van der Waals surface area contributed by atoms with Crippen LogP contribution in [-0.2, 0) is 6.42 Å². The highest BCUT2D eigenvalue weighted by atomic mass is 14.9. The highest BCUT2D eigenvalue weighted by Gasteiger charge is 2.04. The number of aryl methyl sites for hydroxylation is 4. The Bertz CT molecular complexity index is 558. The van der Waals surface area contributed by atoms with Crippen molar-refractivity contribution in [3.8, 4) is 0 Å². The molecule has 0 amide bonds. The van der Waals surface area contributed by atoms with Gasteiger partial charge >= 0.3 is 0 Å². The lowest BCUT2D eigenvalue weighted by Crippen LogP contribution is -1.97. The summed E-state index contributed by atoms with van der Waals surface area (Å²) in [5, 5.41) is 3.56. The van der Waals surface area contributed by atoms with Crippen LogP contribution in [0.3, 0.4) is 0 Å². The number of nitrogens with one attached hydrogen (secondary N) is 1. The van der Waals surface area contributed by atoms with Gasteiger partial charge in [0.25, 0.3) is 0 Å². The summed E-state index contributed by atoms with van der Waals surface area (Å²) in [7, 11) is 0. The molecule has 0 aliphatic heterocycles. The molecule has 0 aliphatic rings. The maximum absolute atomic E-state index is 3.56. The molecule has 0 aromatic heterocycles. The first-order valence-corrected chi connectivity index (χ1v) is 8.04. The van der Waals surface area contributed by atoms with Crippen molar-refractivity contribution < 1.29 is 0 Å². The molecule has 0 radical (unpaired) electrons. The fourth-order valence-corrected chi connectivity index (χ4v) is 2.86. The van der Waals surface area contributed by atoms with Gasteiger partial charge < -0.3 is 5.32 Å². The minimum atomic E-state index is 1.17. The van der Waals surface area contributed by atoms with Crippen molar-refractivity contribution in [3.05, 3.63) is 58.7 Å². The molecule has 0 bridgehead atoms. The van der Waals surface area contributed by atoms with Crippen molar-refractivity contribution in [2.24, 2.45) is 0 Å². The molecule has 0 atom stereocenters. The van der Waals surface area contributed by atoms with Crippen molar-refractivity contribution in [3.63, 3.8) is 0 Å². The van der Waals surface area contributed by atoms with Crippen LogP contribution in [0.25, 0.3) is 0 Å². The number of hydrogen-bond donors (Lipinski definition) is 1. The summed E-state index contributed by atoms with van der Waals surface area (Å²) in [6.45, 7) is 8.73. The van der Waals surface area contributed by atoms with Crippen LogP contribution in [0.5, 0.6) is 0 Å². The molecule has 2 aromatic rings. The Balaban J connectivity index is 2.07. The van der Waals surface area contributed by atoms with Gasteiger partial charge in [0.1, 0.15) is 0 Å². The molecular formula is C20H27N. The lowest BCUT2D eigenvalue weighted by molar-refractivity contribution is 0.717. The maximum atomic E-state index is 3.56. The molecule has 0 saturated heterocycles. The van der Waals surface area contributed by atoms with Crippen molar-refractivity contribution in [2.45, 2.75) is 53.4 Å². The van der Waals surface area contributed by atoms with E-state index in [2.05, 4.69) is 69.4 Å². The van der Waals surface area contributed by atoms with Gasteiger partial charge in [0.15, 0.2) is 0 Å². The van der Waals surface area contributed by atoms with Crippen molar-refractivity contribution >= 4 is 11.4 Å². The van der Waals surface area contributed by atoms with Crippen LogP contribution in [0.2, 0.25) is 0 Å². The minimum Gasteiger partial charge on any atom is -0.355 e. The van der Waals surface area contributed by atoms with Crippen LogP contribution >= 0.6 is 0 Å². The molecule has 0 spiro atoms. The average molecular weight is 281 g/mol. The zero-order valence-electron chi connectivity index (χ0n) is 13.8. The maximum Gasteiger partial charge on any atom is 0.0443 e. The Labute approximate surface area is 129 Å². The molecule has 2 aromatic carbocycles. The quantitative estimate of drug-likeness (QED) is 0.632. The van der Waals surface area contributed by atoms with Gasteiger partial charge in [-0.3, -0.25) is 0 Å².